The van der Waals surface area contributed by atoms with E-state index in [1.807, 2.05) is 0 Å². The summed E-state index contributed by atoms with van der Waals surface area (Å²) in [6, 6.07) is 0. The van der Waals surface area contributed by atoms with Gasteiger partial charge in [0.2, 0.25) is 0 Å². The third-order valence-corrected chi connectivity index (χ3v) is 0.942. The van der Waals surface area contributed by atoms with E-state index in [0.717, 1.165) is 0 Å². The van der Waals surface area contributed by atoms with Gasteiger partial charge in [-0.05, 0) is 0 Å². The molecule has 0 saturated carbocycles. The molecule has 7 N–H and O–H groups in total. The van der Waals surface area contributed by atoms with Crippen molar-refractivity contribution in [1.82, 2.24) is 0 Å². The van der Waals surface area contributed by atoms with Crippen molar-refractivity contribution in [2.45, 2.75) is 32.4 Å². The van der Waals surface area contributed by atoms with Crippen LogP contribution in [0.3, 0.4) is 0 Å². The van der Waals surface area contributed by atoms with Crippen molar-refractivity contribution in [1.29, 1.82) is 0 Å². The molecule has 16 heavy (non-hydrogen) atoms. The summed E-state index contributed by atoms with van der Waals surface area (Å²) in [7, 11) is 0. The lowest BCUT2D eigenvalue weighted by atomic mass is 11.1. The highest BCUT2D eigenvalue weighted by Crippen LogP contribution is 2.02. The van der Waals surface area contributed by atoms with Gasteiger partial charge in [-0.25, -0.2) is 0 Å². The fourth-order valence-electron chi connectivity index (χ4n) is 0.504. The molecule has 0 bridgehead atoms. The zero-order valence-electron chi connectivity index (χ0n) is 7.65. The number of aliphatic hydroxyl groups is 7. The van der Waals surface area contributed by atoms with E-state index in [1.165, 1.54) is 0 Å². The van der Waals surface area contributed by atoms with Crippen LogP contribution < -0.4 is 0 Å². The molecular formula is C5H12O11. The highest BCUT2D eigenvalue weighted by atomic mass is 17.0. The molecule has 2 unspecified atom stereocenters. The second-order valence-electron chi connectivity index (χ2n) is 2.12. The molecule has 11 heteroatoms. The topological polar surface area (TPSA) is 179 Å². The van der Waals surface area contributed by atoms with Gasteiger partial charge in [-0.3, -0.25) is 18.9 Å². The van der Waals surface area contributed by atoms with E-state index >= 15 is 0 Å². The maximum absolute atomic E-state index is 8.76. The zero-order chi connectivity index (χ0) is 12.7. The number of ether oxygens (including phenoxy) is 4. The lowest BCUT2D eigenvalue weighted by Gasteiger charge is -2.20. The number of hydrogen-bond donors (Lipinski definition) is 7. The van der Waals surface area contributed by atoms with E-state index in [-0.39, 0.29) is 0 Å². The normalized spacial score (nSPS) is 17.8. The molecule has 0 aliphatic rings. The summed E-state index contributed by atoms with van der Waals surface area (Å²) in [4.78, 5) is 0. The van der Waals surface area contributed by atoms with Crippen molar-refractivity contribution >= 4 is 0 Å². The highest BCUT2D eigenvalue weighted by Gasteiger charge is 2.20. The summed E-state index contributed by atoms with van der Waals surface area (Å²) < 4.78 is 15.4. The quantitative estimate of drug-likeness (QED) is 0.205. The molecule has 0 aromatic carbocycles. The lowest BCUT2D eigenvalue weighted by molar-refractivity contribution is -0.466. The maximum Gasteiger partial charge on any atom is 0.277 e. The van der Waals surface area contributed by atoms with Gasteiger partial charge in [-0.15, -0.1) is 0 Å². The summed E-state index contributed by atoms with van der Waals surface area (Å²) in [6.45, 7) is -11.5. The zero-order valence-corrected chi connectivity index (χ0v) is 7.65. The van der Waals surface area contributed by atoms with Crippen LogP contribution in [-0.2, 0) is 18.9 Å². The summed E-state index contributed by atoms with van der Waals surface area (Å²) in [6.07, 6.45) is 0. The first-order chi connectivity index (χ1) is 7.31. The Kier molecular flexibility index (Phi) is 7.56. The van der Waals surface area contributed by atoms with Gasteiger partial charge < -0.3 is 35.7 Å². The third kappa shape index (κ3) is 8.84. The first-order valence-corrected chi connectivity index (χ1v) is 3.69. The monoisotopic (exact) mass is 248 g/mol. The molecule has 0 rings (SSSR count). The van der Waals surface area contributed by atoms with Crippen molar-refractivity contribution in [2.24, 2.45) is 0 Å². The minimum Gasteiger partial charge on any atom is -0.346 e. The van der Waals surface area contributed by atoms with Crippen molar-refractivity contribution in [3.8, 4) is 0 Å². The molecule has 0 saturated heterocycles. The van der Waals surface area contributed by atoms with E-state index in [4.69, 9.17) is 35.7 Å². The molecule has 0 aliphatic carbocycles. The molecule has 0 aromatic heterocycles. The second-order valence-corrected chi connectivity index (χ2v) is 2.12. The molecule has 0 spiro atoms. The van der Waals surface area contributed by atoms with Crippen molar-refractivity contribution < 1.29 is 54.7 Å². The van der Waals surface area contributed by atoms with Crippen LogP contribution in [-0.4, -0.2) is 68.1 Å². The van der Waals surface area contributed by atoms with Gasteiger partial charge in [0.1, 0.15) is 0 Å². The molecule has 0 fully saturated rings. The summed E-state index contributed by atoms with van der Waals surface area (Å²) >= 11 is 0. The molecule has 2 atom stereocenters. The van der Waals surface area contributed by atoms with Gasteiger partial charge >= 0.3 is 0 Å². The molecule has 0 amide bonds. The second kappa shape index (κ2) is 7.77. The van der Waals surface area contributed by atoms with Gasteiger partial charge in [-0.2, -0.15) is 0 Å². The Balaban J connectivity index is 3.75. The SMILES string of the molecule is OC(O)OC(O)OC(O)OC(O)OC(O)O. The highest BCUT2D eigenvalue weighted by molar-refractivity contribution is 4.22. The number of hydrogen-bond acceptors (Lipinski definition) is 11. The Labute approximate surface area is 88.2 Å². The average molecular weight is 248 g/mol. The number of rotatable bonds is 8. The first-order valence-electron chi connectivity index (χ1n) is 3.69. The summed E-state index contributed by atoms with van der Waals surface area (Å²) in [5, 5.41) is 58.8. The smallest absolute Gasteiger partial charge is 0.277 e. The average Bonchev–Trinajstić information content (AvgIpc) is 1.97. The van der Waals surface area contributed by atoms with Gasteiger partial charge in [0.15, 0.2) is 0 Å². The van der Waals surface area contributed by atoms with Crippen molar-refractivity contribution in [3.05, 3.63) is 0 Å². The van der Waals surface area contributed by atoms with Crippen LogP contribution in [0.5, 0.6) is 0 Å². The van der Waals surface area contributed by atoms with Gasteiger partial charge in [0.25, 0.3) is 32.4 Å². The van der Waals surface area contributed by atoms with Crippen molar-refractivity contribution in [3.63, 3.8) is 0 Å². The molecule has 0 aliphatic heterocycles. The van der Waals surface area contributed by atoms with E-state index in [2.05, 4.69) is 18.9 Å². The van der Waals surface area contributed by atoms with E-state index in [1.54, 1.807) is 0 Å². The van der Waals surface area contributed by atoms with Gasteiger partial charge in [0.05, 0.1) is 0 Å². The van der Waals surface area contributed by atoms with Crippen LogP contribution in [0, 0.1) is 0 Å². The molecule has 0 heterocycles. The van der Waals surface area contributed by atoms with Crippen molar-refractivity contribution in [2.75, 3.05) is 0 Å². The van der Waals surface area contributed by atoms with Gasteiger partial charge in [0, 0.05) is 0 Å². The Hall–Kier alpha value is -0.440. The van der Waals surface area contributed by atoms with E-state index in [0.29, 0.717) is 0 Å². The fraction of sp³-hybridized carbons (Fsp3) is 1.00. The van der Waals surface area contributed by atoms with E-state index < -0.39 is 32.4 Å². The van der Waals surface area contributed by atoms with Crippen LogP contribution in [0.2, 0.25) is 0 Å². The van der Waals surface area contributed by atoms with Crippen LogP contribution in [0.1, 0.15) is 0 Å². The molecule has 0 aromatic rings. The third-order valence-electron chi connectivity index (χ3n) is 0.942. The fourth-order valence-corrected chi connectivity index (χ4v) is 0.504. The van der Waals surface area contributed by atoms with Crippen LogP contribution in [0.15, 0.2) is 0 Å². The van der Waals surface area contributed by atoms with Gasteiger partial charge in [-0.1, -0.05) is 0 Å². The van der Waals surface area contributed by atoms with Crippen LogP contribution >= 0.6 is 0 Å². The Morgan fingerprint density at radius 3 is 0.938 bits per heavy atom. The standard InChI is InChI=1S/C5H12O11/c6-1(7)13-3(10)15-5(12)16-4(11)14-2(8)9/h1-12H. The predicted octanol–water partition coefficient (Wildman–Crippen LogP) is -4.58. The molecular weight excluding hydrogens is 236 g/mol. The molecule has 0 radical (unpaired) electrons. The minimum atomic E-state index is -2.36. The summed E-state index contributed by atoms with van der Waals surface area (Å²) in [5.41, 5.74) is 0. The van der Waals surface area contributed by atoms with Crippen LogP contribution in [0.25, 0.3) is 0 Å². The Morgan fingerprint density at radius 1 is 0.438 bits per heavy atom. The minimum absolute atomic E-state index is 2.26. The van der Waals surface area contributed by atoms with Crippen LogP contribution in [0.4, 0.5) is 0 Å². The predicted molar refractivity (Wildman–Crippen MR) is 38.8 cm³/mol. The molecule has 11 nitrogen and oxygen atoms in total. The molecule has 98 valence electrons. The Bertz CT molecular complexity index is 154. The number of aliphatic hydroxyl groups excluding tert-OH is 5. The summed E-state index contributed by atoms with van der Waals surface area (Å²) in [5.74, 6) is 0. The first kappa shape index (κ1) is 15.6. The van der Waals surface area contributed by atoms with E-state index in [9.17, 15) is 0 Å². The largest absolute Gasteiger partial charge is 0.346 e. The Morgan fingerprint density at radius 2 is 0.688 bits per heavy atom. The maximum atomic E-state index is 8.76. The lowest BCUT2D eigenvalue weighted by Crippen LogP contribution is -2.34.